The van der Waals surface area contributed by atoms with Gasteiger partial charge in [0.05, 0.1) is 6.04 Å². The summed E-state index contributed by atoms with van der Waals surface area (Å²) in [6.45, 7) is 1.06. The van der Waals surface area contributed by atoms with E-state index >= 15 is 0 Å². The van der Waals surface area contributed by atoms with Crippen LogP contribution in [0.5, 0.6) is 0 Å². The Labute approximate surface area is 211 Å². The molecular weight excluding hydrogens is 464 g/mol. The number of ketones is 1. The Morgan fingerprint density at radius 1 is 1.03 bits per heavy atom. The first kappa shape index (κ1) is 25.7. The molecule has 2 aliphatic heterocycles. The first-order valence-electron chi connectivity index (χ1n) is 12.7. The summed E-state index contributed by atoms with van der Waals surface area (Å²) < 4.78 is 5.45. The van der Waals surface area contributed by atoms with Gasteiger partial charge in [-0.3, -0.25) is 14.4 Å². The van der Waals surface area contributed by atoms with Crippen LogP contribution in [0.3, 0.4) is 0 Å². The molecule has 8 nitrogen and oxygen atoms in total. The van der Waals surface area contributed by atoms with Crippen LogP contribution in [0.25, 0.3) is 0 Å². The largest absolute Gasteiger partial charge is 0.381 e. The third-order valence-corrected chi connectivity index (χ3v) is 8.46. The smallest absolute Gasteiger partial charge is 0.309 e. The minimum Gasteiger partial charge on any atom is -0.381 e. The van der Waals surface area contributed by atoms with E-state index in [1.807, 2.05) is 30.1 Å². The van der Waals surface area contributed by atoms with Crippen molar-refractivity contribution in [3.05, 3.63) is 35.9 Å². The molecule has 9 heteroatoms. The van der Waals surface area contributed by atoms with Crippen LogP contribution in [0, 0.1) is 11.8 Å². The molecule has 1 aliphatic carbocycles. The fraction of sp³-hybridized carbons (Fsp3) is 0.615. The van der Waals surface area contributed by atoms with Gasteiger partial charge in [-0.1, -0.05) is 67.8 Å². The fourth-order valence-electron chi connectivity index (χ4n) is 5.16. The number of rotatable bonds is 7. The number of amides is 2. The van der Waals surface area contributed by atoms with Gasteiger partial charge < -0.3 is 15.0 Å². The summed E-state index contributed by atoms with van der Waals surface area (Å²) in [6, 6.07) is 9.44. The molecule has 1 aromatic carbocycles. The number of hydrazone groups is 1. The number of hydrogen-bond acceptors (Lipinski definition) is 6. The molecule has 0 aromatic heterocycles. The predicted octanol–water partition coefficient (Wildman–Crippen LogP) is 3.24. The second-order valence-corrected chi connectivity index (χ2v) is 10.7. The maximum atomic E-state index is 13.2. The average molecular weight is 501 g/mol. The van der Waals surface area contributed by atoms with Crippen molar-refractivity contribution < 1.29 is 19.1 Å². The third-order valence-electron chi connectivity index (χ3n) is 7.34. The summed E-state index contributed by atoms with van der Waals surface area (Å²) in [5, 5.41) is 7.88. The molecule has 190 valence electrons. The highest BCUT2D eigenvalue weighted by molar-refractivity contribution is 8.14. The molecule has 1 unspecified atom stereocenters. The average Bonchev–Trinajstić information content (AvgIpc) is 3.08. The lowest BCUT2D eigenvalue weighted by Crippen LogP contribution is -2.53. The first-order valence-corrected chi connectivity index (χ1v) is 13.7. The van der Waals surface area contributed by atoms with Crippen LogP contribution in [0.1, 0.15) is 63.0 Å². The van der Waals surface area contributed by atoms with E-state index < -0.39 is 17.7 Å². The molecule has 1 aromatic rings. The molecule has 3 fully saturated rings. The van der Waals surface area contributed by atoms with E-state index in [4.69, 9.17) is 4.74 Å². The second-order valence-electron chi connectivity index (χ2n) is 9.67. The number of benzene rings is 1. The van der Waals surface area contributed by atoms with Gasteiger partial charge in [0.25, 0.3) is 0 Å². The van der Waals surface area contributed by atoms with Gasteiger partial charge >= 0.3 is 5.91 Å². The van der Waals surface area contributed by atoms with Gasteiger partial charge in [-0.25, -0.2) is 5.43 Å². The summed E-state index contributed by atoms with van der Waals surface area (Å²) in [6.07, 6.45) is 7.31. The molecule has 0 radical (unpaired) electrons. The third kappa shape index (κ3) is 6.64. The van der Waals surface area contributed by atoms with Crippen molar-refractivity contribution in [3.8, 4) is 0 Å². The van der Waals surface area contributed by atoms with Crippen LogP contribution in [0.15, 0.2) is 35.4 Å². The zero-order chi connectivity index (χ0) is 24.6. The minimum atomic E-state index is -0.846. The van der Waals surface area contributed by atoms with Gasteiger partial charge in [-0.15, -0.1) is 5.10 Å². The lowest BCUT2D eigenvalue weighted by molar-refractivity contribution is -0.142. The van der Waals surface area contributed by atoms with E-state index in [1.54, 1.807) is 0 Å². The molecule has 2 amide bonds. The molecular formula is C26H36N4O4S. The van der Waals surface area contributed by atoms with Crippen LogP contribution in [-0.2, 0) is 19.1 Å². The zero-order valence-electron chi connectivity index (χ0n) is 20.4. The number of ether oxygens (including phenoxy) is 1. The molecule has 3 aliphatic rings. The lowest BCUT2D eigenvalue weighted by Gasteiger charge is -2.30. The van der Waals surface area contributed by atoms with E-state index in [2.05, 4.69) is 28.0 Å². The van der Waals surface area contributed by atoms with E-state index in [1.165, 1.54) is 17.3 Å². The molecule has 0 spiro atoms. The Morgan fingerprint density at radius 2 is 1.71 bits per heavy atom. The summed E-state index contributed by atoms with van der Waals surface area (Å²) in [5.74, 6) is -0.913. The maximum absolute atomic E-state index is 13.2. The summed E-state index contributed by atoms with van der Waals surface area (Å²) in [5.41, 5.74) is 3.64. The Balaban J connectivity index is 1.40. The molecule has 4 rings (SSSR count). The van der Waals surface area contributed by atoms with Crippen molar-refractivity contribution in [2.24, 2.45) is 16.9 Å². The highest BCUT2D eigenvalue weighted by atomic mass is 32.2. The van der Waals surface area contributed by atoms with Crippen LogP contribution in [0.4, 0.5) is 0 Å². The topological polar surface area (TPSA) is 100 Å². The highest BCUT2D eigenvalue weighted by Gasteiger charge is 2.37. The number of thioether (sulfide) groups is 1. The molecule has 2 saturated heterocycles. The predicted molar refractivity (Wildman–Crippen MR) is 137 cm³/mol. The summed E-state index contributed by atoms with van der Waals surface area (Å²) >= 11 is 1.54. The van der Waals surface area contributed by atoms with Crippen molar-refractivity contribution in [3.63, 3.8) is 0 Å². The molecule has 0 bridgehead atoms. The lowest BCUT2D eigenvalue weighted by atomic mass is 9.87. The van der Waals surface area contributed by atoms with Crippen molar-refractivity contribution in [1.29, 1.82) is 0 Å². The van der Waals surface area contributed by atoms with Crippen LogP contribution in [-0.4, -0.2) is 59.7 Å². The molecule has 2 N–H and O–H groups in total. The Morgan fingerprint density at radius 3 is 2.40 bits per heavy atom. The van der Waals surface area contributed by atoms with Crippen molar-refractivity contribution in [2.75, 3.05) is 26.0 Å². The molecule has 35 heavy (non-hydrogen) atoms. The number of nitrogens with one attached hydrogen (secondary N) is 2. The van der Waals surface area contributed by atoms with E-state index in [0.29, 0.717) is 31.2 Å². The van der Waals surface area contributed by atoms with Crippen LogP contribution in [0.2, 0.25) is 0 Å². The maximum Gasteiger partial charge on any atom is 0.309 e. The van der Waals surface area contributed by atoms with E-state index in [-0.39, 0.29) is 23.8 Å². The summed E-state index contributed by atoms with van der Waals surface area (Å²) in [4.78, 5) is 41.2. The molecule has 2 atom stereocenters. The summed E-state index contributed by atoms with van der Waals surface area (Å²) in [7, 11) is 1.93. The van der Waals surface area contributed by atoms with Gasteiger partial charge in [0.1, 0.15) is 6.04 Å². The number of carbonyl (C=O) groups excluding carboxylic acids is 3. The zero-order valence-corrected chi connectivity index (χ0v) is 21.2. The minimum absolute atomic E-state index is 0.0885. The fourth-order valence-corrected chi connectivity index (χ4v) is 6.32. The van der Waals surface area contributed by atoms with E-state index in [0.717, 1.165) is 44.3 Å². The van der Waals surface area contributed by atoms with Crippen molar-refractivity contribution in [1.82, 2.24) is 15.6 Å². The number of amidine groups is 1. The quantitative estimate of drug-likeness (QED) is 0.339. The number of hydrogen-bond donors (Lipinski definition) is 2. The number of Topliss-reactive ketones (excluding diaryl/α,β-unsaturated/α-hetero) is 1. The number of carbonyl (C=O) groups is 3. The van der Waals surface area contributed by atoms with Gasteiger partial charge in [-0.05, 0) is 37.2 Å². The van der Waals surface area contributed by atoms with Crippen LogP contribution >= 0.6 is 11.8 Å². The van der Waals surface area contributed by atoms with Crippen molar-refractivity contribution in [2.45, 2.75) is 63.5 Å². The highest BCUT2D eigenvalue weighted by Crippen LogP contribution is 2.33. The Kier molecular flexibility index (Phi) is 9.20. The molecule has 1 saturated carbocycles. The van der Waals surface area contributed by atoms with Gasteiger partial charge in [0.15, 0.2) is 5.17 Å². The monoisotopic (exact) mass is 500 g/mol. The Bertz CT molecular complexity index is 911. The van der Waals surface area contributed by atoms with E-state index in [9.17, 15) is 14.4 Å². The number of nitrogens with zero attached hydrogens (tertiary/aromatic N) is 2. The first-order chi connectivity index (χ1) is 17.0. The van der Waals surface area contributed by atoms with Gasteiger partial charge in [0, 0.05) is 31.9 Å². The normalized spacial score (nSPS) is 24.1. The second kappa shape index (κ2) is 12.5. The Hall–Kier alpha value is -2.39. The molecule has 2 heterocycles. The van der Waals surface area contributed by atoms with Crippen LogP contribution < -0.4 is 10.7 Å². The van der Waals surface area contributed by atoms with Gasteiger partial charge in [0.2, 0.25) is 11.7 Å². The standard InChI is InChI=1S/C26H36N4O4S/c1-30-21(18-9-7-4-8-10-18)17-35-26(30)29-28-25(33)23(31)22(19-13-15-34-16-14-19)27-24(32)20-11-5-2-3-6-12-20/h4,7-10,19-22H,2-3,5-6,11-17H2,1H3,(H,27,32)(H,28,33)/b29-26-/t21-,22?/m0/s1. The van der Waals surface area contributed by atoms with Gasteiger partial charge in [-0.2, -0.15) is 0 Å². The van der Waals surface area contributed by atoms with Crippen molar-refractivity contribution >= 4 is 34.5 Å². The SMILES string of the molecule is CN1/C(=N/NC(=O)C(=O)C(NC(=O)C2CCCCCC2)C2CCOCC2)SC[C@H]1c1ccccc1.